The van der Waals surface area contributed by atoms with E-state index in [0.29, 0.717) is 19.0 Å². The van der Waals surface area contributed by atoms with Crippen molar-refractivity contribution in [1.29, 1.82) is 0 Å². The fourth-order valence-electron chi connectivity index (χ4n) is 3.17. The van der Waals surface area contributed by atoms with Crippen LogP contribution in [-0.2, 0) is 4.79 Å². The first-order valence-electron chi connectivity index (χ1n) is 8.99. The molecule has 5 nitrogen and oxygen atoms in total. The van der Waals surface area contributed by atoms with Crippen LogP contribution in [0.2, 0.25) is 0 Å². The van der Waals surface area contributed by atoms with Gasteiger partial charge in [0.15, 0.2) is 11.5 Å². The molecule has 0 bridgehead atoms. The monoisotopic (exact) mass is 370 g/mol. The molecule has 1 amide bonds. The average Bonchev–Trinajstić information content (AvgIpc) is 2.57. The molecule has 0 spiro atoms. The van der Waals surface area contributed by atoms with Gasteiger partial charge in [-0.2, -0.15) is 0 Å². The molecule has 0 saturated heterocycles. The minimum atomic E-state index is -0.722. The Morgan fingerprint density at radius 1 is 1.16 bits per heavy atom. The molecule has 1 unspecified atom stereocenters. The molecule has 1 aliphatic rings. The number of hydrogen-bond acceptors (Lipinski definition) is 4. The third-order valence-electron chi connectivity index (χ3n) is 4.61. The van der Waals surface area contributed by atoms with E-state index in [4.69, 9.17) is 15.2 Å². The van der Waals surface area contributed by atoms with E-state index >= 15 is 0 Å². The smallest absolute Gasteiger partial charge is 0.240 e. The number of rotatable bonds is 7. The highest BCUT2D eigenvalue weighted by Crippen LogP contribution is 2.31. The van der Waals surface area contributed by atoms with E-state index in [1.54, 1.807) is 0 Å². The molecule has 1 atom stereocenters. The number of ether oxygens (including phenoxy) is 2. The second-order valence-corrected chi connectivity index (χ2v) is 6.48. The van der Waals surface area contributed by atoms with Crippen LogP contribution in [0.5, 0.6) is 11.5 Å². The lowest BCUT2D eigenvalue weighted by atomic mass is 9.81. The highest BCUT2D eigenvalue weighted by atomic mass is 35.5. The molecule has 3 N–H and O–H groups in total. The van der Waals surface area contributed by atoms with Crippen LogP contribution in [0.25, 0.3) is 0 Å². The van der Waals surface area contributed by atoms with E-state index in [0.717, 1.165) is 37.0 Å². The Morgan fingerprint density at radius 2 is 1.76 bits per heavy atom. The Morgan fingerprint density at radius 3 is 2.36 bits per heavy atom. The van der Waals surface area contributed by atoms with Crippen molar-refractivity contribution in [3.05, 3.63) is 23.8 Å². The average molecular weight is 371 g/mol. The van der Waals surface area contributed by atoms with Gasteiger partial charge in [0.25, 0.3) is 0 Å². The molecule has 6 heteroatoms. The van der Waals surface area contributed by atoms with E-state index in [2.05, 4.69) is 5.32 Å². The van der Waals surface area contributed by atoms with Gasteiger partial charge < -0.3 is 20.5 Å². The van der Waals surface area contributed by atoms with Gasteiger partial charge in [-0.1, -0.05) is 25.3 Å². The van der Waals surface area contributed by atoms with Gasteiger partial charge in [0, 0.05) is 0 Å². The maximum Gasteiger partial charge on any atom is 0.240 e. The summed E-state index contributed by atoms with van der Waals surface area (Å²) in [5.41, 5.74) is 6.57. The number of hydrogen-bond donors (Lipinski definition) is 2. The molecular formula is C19H31ClN2O3. The zero-order valence-corrected chi connectivity index (χ0v) is 16.3. The zero-order chi connectivity index (χ0) is 17.6. The van der Waals surface area contributed by atoms with Gasteiger partial charge in [-0.05, 0) is 51.3 Å². The van der Waals surface area contributed by atoms with Crippen LogP contribution in [-0.4, -0.2) is 24.7 Å². The SMILES string of the molecule is CCOc1ccc(C(C)NC(=O)C2(N)CCCCC2)cc1OCC.Cl. The van der Waals surface area contributed by atoms with E-state index in [1.165, 1.54) is 6.42 Å². The molecule has 25 heavy (non-hydrogen) atoms. The maximum absolute atomic E-state index is 12.6. The third kappa shape index (κ3) is 5.51. The number of nitrogens with two attached hydrogens (primary N) is 1. The first-order valence-corrected chi connectivity index (χ1v) is 8.99. The molecule has 0 radical (unpaired) electrons. The van der Waals surface area contributed by atoms with Crippen LogP contribution < -0.4 is 20.5 Å². The van der Waals surface area contributed by atoms with E-state index < -0.39 is 5.54 Å². The quantitative estimate of drug-likeness (QED) is 0.766. The molecule has 1 fully saturated rings. The molecule has 0 aromatic heterocycles. The first kappa shape index (κ1) is 21.6. The predicted molar refractivity (Wildman–Crippen MR) is 103 cm³/mol. The van der Waals surface area contributed by atoms with Crippen molar-refractivity contribution in [2.24, 2.45) is 5.73 Å². The lowest BCUT2D eigenvalue weighted by Gasteiger charge is -2.33. The molecule has 1 aliphatic carbocycles. The predicted octanol–water partition coefficient (Wildman–Crippen LogP) is 3.74. The molecule has 0 aliphatic heterocycles. The van der Waals surface area contributed by atoms with E-state index in [9.17, 15) is 4.79 Å². The second-order valence-electron chi connectivity index (χ2n) is 6.48. The van der Waals surface area contributed by atoms with Gasteiger partial charge in [-0.25, -0.2) is 0 Å². The third-order valence-corrected chi connectivity index (χ3v) is 4.61. The lowest BCUT2D eigenvalue weighted by Crippen LogP contribution is -2.55. The summed E-state index contributed by atoms with van der Waals surface area (Å²) < 4.78 is 11.2. The Labute approximate surface area is 157 Å². The van der Waals surface area contributed by atoms with E-state index in [1.807, 2.05) is 39.0 Å². The molecular weight excluding hydrogens is 340 g/mol. The normalized spacial score (nSPS) is 17.1. The van der Waals surface area contributed by atoms with Crippen molar-refractivity contribution in [2.75, 3.05) is 13.2 Å². The van der Waals surface area contributed by atoms with Crippen LogP contribution >= 0.6 is 12.4 Å². The highest BCUT2D eigenvalue weighted by Gasteiger charge is 2.35. The topological polar surface area (TPSA) is 73.6 Å². The van der Waals surface area contributed by atoms with Crippen molar-refractivity contribution in [1.82, 2.24) is 5.32 Å². The van der Waals surface area contributed by atoms with Crippen LogP contribution in [0, 0.1) is 0 Å². The summed E-state index contributed by atoms with van der Waals surface area (Å²) in [5, 5.41) is 3.07. The van der Waals surface area contributed by atoms with E-state index in [-0.39, 0.29) is 24.4 Å². The Hall–Kier alpha value is -1.46. The Kier molecular flexibility index (Phi) is 8.53. The number of amides is 1. The molecule has 1 saturated carbocycles. The van der Waals surface area contributed by atoms with Crippen molar-refractivity contribution >= 4 is 18.3 Å². The van der Waals surface area contributed by atoms with Gasteiger partial charge >= 0.3 is 0 Å². The molecule has 2 rings (SSSR count). The van der Waals surface area contributed by atoms with Crippen molar-refractivity contribution in [2.45, 2.75) is 64.5 Å². The fraction of sp³-hybridized carbons (Fsp3) is 0.632. The minimum absolute atomic E-state index is 0. The summed E-state index contributed by atoms with van der Waals surface area (Å²) in [4.78, 5) is 12.6. The van der Waals surface area contributed by atoms with Crippen molar-refractivity contribution < 1.29 is 14.3 Å². The van der Waals surface area contributed by atoms with Crippen LogP contribution in [0.3, 0.4) is 0 Å². The summed E-state index contributed by atoms with van der Waals surface area (Å²) in [6.07, 6.45) is 4.74. The van der Waals surface area contributed by atoms with Gasteiger partial charge in [0.1, 0.15) is 0 Å². The minimum Gasteiger partial charge on any atom is -0.490 e. The van der Waals surface area contributed by atoms with Gasteiger partial charge in [-0.3, -0.25) is 4.79 Å². The summed E-state index contributed by atoms with van der Waals surface area (Å²) in [7, 11) is 0. The van der Waals surface area contributed by atoms with Crippen LogP contribution in [0.15, 0.2) is 18.2 Å². The van der Waals surface area contributed by atoms with Crippen molar-refractivity contribution in [3.8, 4) is 11.5 Å². The van der Waals surface area contributed by atoms with Gasteiger partial charge in [0.2, 0.25) is 5.91 Å². The Bertz CT molecular complexity index is 560. The lowest BCUT2D eigenvalue weighted by molar-refractivity contribution is -0.128. The second kappa shape index (κ2) is 9.88. The highest BCUT2D eigenvalue weighted by molar-refractivity contribution is 5.86. The van der Waals surface area contributed by atoms with Gasteiger partial charge in [0.05, 0.1) is 24.8 Å². The number of halogens is 1. The Balaban J connectivity index is 0.00000312. The van der Waals surface area contributed by atoms with Crippen molar-refractivity contribution in [3.63, 3.8) is 0 Å². The van der Waals surface area contributed by atoms with Gasteiger partial charge in [-0.15, -0.1) is 12.4 Å². The first-order chi connectivity index (χ1) is 11.5. The number of carbonyl (C=O) groups excluding carboxylic acids is 1. The molecule has 142 valence electrons. The van der Waals surface area contributed by atoms with Crippen LogP contribution in [0.1, 0.15) is 64.5 Å². The zero-order valence-electron chi connectivity index (χ0n) is 15.5. The summed E-state index contributed by atoms with van der Waals surface area (Å²) in [6, 6.07) is 5.66. The largest absolute Gasteiger partial charge is 0.490 e. The fourth-order valence-corrected chi connectivity index (χ4v) is 3.17. The summed E-state index contributed by atoms with van der Waals surface area (Å²) >= 11 is 0. The number of benzene rings is 1. The van der Waals surface area contributed by atoms with Crippen LogP contribution in [0.4, 0.5) is 0 Å². The molecule has 1 aromatic carbocycles. The standard InChI is InChI=1S/C19H30N2O3.ClH/c1-4-23-16-10-9-15(13-17(16)24-5-2)14(3)21-18(22)19(20)11-7-6-8-12-19;/h9-10,13-14H,4-8,11-12,20H2,1-3H3,(H,21,22);1H. The maximum atomic E-state index is 12.6. The molecule has 0 heterocycles. The number of carbonyl (C=O) groups is 1. The summed E-state index contributed by atoms with van der Waals surface area (Å²) in [6.45, 7) is 7.00. The summed E-state index contributed by atoms with van der Waals surface area (Å²) in [5.74, 6) is 1.38. The number of nitrogens with one attached hydrogen (secondary N) is 1. The molecule has 1 aromatic rings.